The number of thiol groups is 1. The quantitative estimate of drug-likeness (QED) is 0.699. The van der Waals surface area contributed by atoms with Crippen molar-refractivity contribution in [2.45, 2.75) is 26.8 Å². The van der Waals surface area contributed by atoms with Gasteiger partial charge in [-0.25, -0.2) is 0 Å². The molecule has 86 valence electrons. The van der Waals surface area contributed by atoms with Crippen LogP contribution >= 0.6 is 12.6 Å². The minimum atomic E-state index is -0.00453. The molecule has 3 nitrogen and oxygen atoms in total. The Morgan fingerprint density at radius 1 is 1.50 bits per heavy atom. The van der Waals surface area contributed by atoms with Gasteiger partial charge in [0.15, 0.2) is 0 Å². The largest absolute Gasteiger partial charge is 0.351 e. The van der Waals surface area contributed by atoms with Crippen LogP contribution in [0.1, 0.15) is 22.2 Å². The fourth-order valence-electron chi connectivity index (χ4n) is 1.14. The minimum Gasteiger partial charge on any atom is -0.351 e. The van der Waals surface area contributed by atoms with Gasteiger partial charge in [-0.3, -0.25) is 4.79 Å². The van der Waals surface area contributed by atoms with Crippen molar-refractivity contribution in [3.63, 3.8) is 0 Å². The van der Waals surface area contributed by atoms with E-state index in [1.165, 1.54) is 0 Å². The van der Waals surface area contributed by atoms with Crippen LogP contribution in [0.3, 0.4) is 0 Å². The molecule has 0 aliphatic carbocycles. The molecule has 0 saturated carbocycles. The molecule has 0 aromatic rings. The second-order valence-corrected chi connectivity index (χ2v) is 5.22. The van der Waals surface area contributed by atoms with E-state index in [4.69, 9.17) is 0 Å². The van der Waals surface area contributed by atoms with Crippen LogP contribution in [0.2, 0.25) is 0 Å². The van der Waals surface area contributed by atoms with Crippen molar-refractivity contribution in [1.82, 2.24) is 10.2 Å². The molecule has 0 radical (unpaired) electrons. The monoisotopic (exact) mass is 220 g/mol. The number of hydrogen-bond acceptors (Lipinski definition) is 3. The van der Waals surface area contributed by atoms with E-state index in [0.717, 1.165) is 6.54 Å². The molecule has 1 N–H and O–H groups in total. The van der Waals surface area contributed by atoms with Gasteiger partial charge in [0.05, 0.1) is 5.75 Å². The maximum absolute atomic E-state index is 11.2. The van der Waals surface area contributed by atoms with E-state index >= 15 is 0 Å². The Balaban J connectivity index is 0. The van der Waals surface area contributed by atoms with Crippen LogP contribution in [0.5, 0.6) is 0 Å². The summed E-state index contributed by atoms with van der Waals surface area (Å²) in [5.41, 5.74) is 0.0723. The molecular formula is C10H24N2OS. The maximum Gasteiger partial charge on any atom is 0.230 e. The molecule has 0 bridgehead atoms. The lowest BCUT2D eigenvalue weighted by molar-refractivity contribution is -0.120. The van der Waals surface area contributed by atoms with Gasteiger partial charge in [-0.1, -0.05) is 20.8 Å². The van der Waals surface area contributed by atoms with Gasteiger partial charge in [-0.2, -0.15) is 12.6 Å². The Bertz CT molecular complexity index is 192. The summed E-state index contributed by atoms with van der Waals surface area (Å²) < 4.78 is 0. The summed E-state index contributed by atoms with van der Waals surface area (Å²) in [6, 6.07) is 0.164. The van der Waals surface area contributed by atoms with Crippen molar-refractivity contribution in [3.8, 4) is 0 Å². The lowest BCUT2D eigenvalue weighted by Gasteiger charge is -2.33. The fraction of sp³-hybridized carbons (Fsp3) is 0.900. The summed E-state index contributed by atoms with van der Waals surface area (Å²) in [6.45, 7) is 7.23. The SMILES string of the molecule is CN(C)CC(NC(=O)CS)C(C)(C)C.[HH]. The number of nitrogens with one attached hydrogen (secondary N) is 1. The van der Waals surface area contributed by atoms with Crippen LogP contribution < -0.4 is 5.32 Å². The highest BCUT2D eigenvalue weighted by atomic mass is 32.1. The Morgan fingerprint density at radius 2 is 2.00 bits per heavy atom. The predicted octanol–water partition coefficient (Wildman–Crippen LogP) is 1.25. The second-order valence-electron chi connectivity index (χ2n) is 4.91. The first-order valence-corrected chi connectivity index (χ1v) is 5.45. The van der Waals surface area contributed by atoms with Crippen molar-refractivity contribution >= 4 is 18.5 Å². The van der Waals surface area contributed by atoms with Gasteiger partial charge in [0.2, 0.25) is 5.91 Å². The number of carbonyl (C=O) groups excluding carboxylic acids is 1. The Morgan fingerprint density at radius 3 is 2.29 bits per heavy atom. The van der Waals surface area contributed by atoms with Gasteiger partial charge in [0.1, 0.15) is 0 Å². The topological polar surface area (TPSA) is 32.3 Å². The highest BCUT2D eigenvalue weighted by Gasteiger charge is 2.26. The summed E-state index contributed by atoms with van der Waals surface area (Å²) >= 11 is 3.95. The van der Waals surface area contributed by atoms with Crippen molar-refractivity contribution < 1.29 is 6.22 Å². The fourth-order valence-corrected chi connectivity index (χ4v) is 1.23. The molecule has 1 amide bonds. The molecule has 0 aliphatic rings. The van der Waals surface area contributed by atoms with Crippen LogP contribution in [0.15, 0.2) is 0 Å². The molecule has 0 aliphatic heterocycles. The van der Waals surface area contributed by atoms with Crippen LogP contribution in [0, 0.1) is 5.41 Å². The highest BCUT2D eigenvalue weighted by molar-refractivity contribution is 7.81. The zero-order valence-corrected chi connectivity index (χ0v) is 10.7. The van der Waals surface area contributed by atoms with Crippen LogP contribution in [-0.2, 0) is 4.79 Å². The average Bonchev–Trinajstić information content (AvgIpc) is 2.00. The standard InChI is InChI=1S/C10H22N2OS.H2/c1-10(2,3)8(6-12(4)5)11-9(13)7-14;/h8,14H,6-7H2,1-5H3,(H,11,13);1H. The Labute approximate surface area is 94.1 Å². The van der Waals surface area contributed by atoms with Gasteiger partial charge in [0, 0.05) is 14.0 Å². The van der Waals surface area contributed by atoms with Gasteiger partial charge in [-0.15, -0.1) is 0 Å². The zero-order chi connectivity index (χ0) is 11.4. The summed E-state index contributed by atoms with van der Waals surface area (Å²) in [7, 11) is 4.01. The molecule has 0 heterocycles. The van der Waals surface area contributed by atoms with Crippen molar-refractivity contribution in [3.05, 3.63) is 0 Å². The third-order valence-corrected chi connectivity index (χ3v) is 2.36. The van der Waals surface area contributed by atoms with E-state index < -0.39 is 0 Å². The van der Waals surface area contributed by atoms with Gasteiger partial charge < -0.3 is 10.2 Å². The smallest absolute Gasteiger partial charge is 0.230 e. The number of likely N-dealkylation sites (N-methyl/N-ethyl adjacent to an activating group) is 1. The van der Waals surface area contributed by atoms with E-state index in [1.54, 1.807) is 0 Å². The molecule has 0 saturated heterocycles. The molecule has 4 heteroatoms. The molecule has 0 fully saturated rings. The van der Waals surface area contributed by atoms with Gasteiger partial charge >= 0.3 is 0 Å². The molecule has 0 spiro atoms. The zero-order valence-electron chi connectivity index (χ0n) is 9.79. The lowest BCUT2D eigenvalue weighted by Crippen LogP contribution is -2.49. The number of nitrogens with zero attached hydrogens (tertiary/aromatic N) is 1. The van der Waals surface area contributed by atoms with Crippen LogP contribution in [0.25, 0.3) is 0 Å². The molecule has 14 heavy (non-hydrogen) atoms. The molecule has 1 atom stereocenters. The second kappa shape index (κ2) is 5.61. The maximum atomic E-state index is 11.2. The number of carbonyl (C=O) groups is 1. The van der Waals surface area contributed by atoms with E-state index in [-0.39, 0.29) is 24.5 Å². The molecule has 0 rings (SSSR count). The minimum absolute atomic E-state index is 0. The molecule has 0 aromatic carbocycles. The molecular weight excluding hydrogens is 196 g/mol. The van der Waals surface area contributed by atoms with Crippen molar-refractivity contribution in [1.29, 1.82) is 0 Å². The van der Waals surface area contributed by atoms with Crippen molar-refractivity contribution in [2.24, 2.45) is 5.41 Å². The van der Waals surface area contributed by atoms with Crippen LogP contribution in [0.4, 0.5) is 0 Å². The number of amides is 1. The third-order valence-electron chi connectivity index (χ3n) is 2.07. The van der Waals surface area contributed by atoms with E-state index in [2.05, 4.69) is 43.6 Å². The Hall–Kier alpha value is -0.220. The summed E-state index contributed by atoms with van der Waals surface area (Å²) in [5, 5.41) is 2.98. The molecule has 0 aromatic heterocycles. The van der Waals surface area contributed by atoms with Crippen molar-refractivity contribution in [2.75, 3.05) is 26.4 Å². The normalized spacial score (nSPS) is 14.2. The van der Waals surface area contributed by atoms with E-state index in [9.17, 15) is 4.79 Å². The first-order valence-electron chi connectivity index (χ1n) is 4.82. The average molecular weight is 220 g/mol. The van der Waals surface area contributed by atoms with Crippen LogP contribution in [-0.4, -0.2) is 43.2 Å². The van der Waals surface area contributed by atoms with Gasteiger partial charge in [-0.05, 0) is 19.5 Å². The third kappa shape index (κ3) is 5.50. The lowest BCUT2D eigenvalue weighted by atomic mass is 9.86. The molecule has 1 unspecified atom stereocenters. The summed E-state index contributed by atoms with van der Waals surface area (Å²) in [5.74, 6) is 0.245. The predicted molar refractivity (Wildman–Crippen MR) is 65.9 cm³/mol. The van der Waals surface area contributed by atoms with Gasteiger partial charge in [0.25, 0.3) is 0 Å². The first kappa shape index (κ1) is 13.8. The first-order chi connectivity index (χ1) is 6.27. The Kier molecular flexibility index (Phi) is 5.52. The summed E-state index contributed by atoms with van der Waals surface area (Å²) in [6.07, 6.45) is 0. The van der Waals surface area contributed by atoms with E-state index in [1.807, 2.05) is 14.1 Å². The number of hydrogen-bond donors (Lipinski definition) is 2. The highest BCUT2D eigenvalue weighted by Crippen LogP contribution is 2.19. The number of rotatable bonds is 4. The van der Waals surface area contributed by atoms with E-state index in [0.29, 0.717) is 0 Å². The summed E-state index contributed by atoms with van der Waals surface area (Å²) in [4.78, 5) is 13.3.